The van der Waals surface area contributed by atoms with Crippen molar-refractivity contribution in [2.24, 2.45) is 0 Å². The molecule has 1 aliphatic heterocycles. The first-order valence-corrected chi connectivity index (χ1v) is 10.7. The highest BCUT2D eigenvalue weighted by Gasteiger charge is 2.26. The average Bonchev–Trinajstić information content (AvgIpc) is 3.29. The number of piperidine rings is 1. The van der Waals surface area contributed by atoms with Crippen LogP contribution in [0.2, 0.25) is 0 Å². The van der Waals surface area contributed by atoms with Crippen molar-refractivity contribution >= 4 is 28.6 Å². The molecule has 2 heterocycles. The number of rotatable bonds is 7. The number of nitrogens with zero attached hydrogens (tertiary/aromatic N) is 1. The van der Waals surface area contributed by atoms with Crippen LogP contribution in [0.4, 0.5) is 11.4 Å². The summed E-state index contributed by atoms with van der Waals surface area (Å²) in [6.07, 6.45) is 3.27. The Bertz CT molecular complexity index is 1040. The first-order chi connectivity index (χ1) is 14.1. The molecule has 0 spiro atoms. The van der Waals surface area contributed by atoms with Gasteiger partial charge in [-0.25, -0.2) is 0 Å². The Kier molecular flexibility index (Phi) is 5.76. The van der Waals surface area contributed by atoms with Gasteiger partial charge in [0.1, 0.15) is 11.4 Å². The van der Waals surface area contributed by atoms with E-state index in [1.807, 2.05) is 34.5 Å². The van der Waals surface area contributed by atoms with Crippen LogP contribution in [0.5, 0.6) is 0 Å². The van der Waals surface area contributed by atoms with E-state index in [4.69, 9.17) is 0 Å². The smallest absolute Gasteiger partial charge is 0.253 e. The van der Waals surface area contributed by atoms with Gasteiger partial charge in [0.15, 0.2) is 0 Å². The highest BCUT2D eigenvalue weighted by atomic mass is 32.1. The van der Waals surface area contributed by atoms with E-state index in [1.54, 1.807) is 23.5 Å². The third-order valence-corrected chi connectivity index (χ3v) is 6.12. The van der Waals surface area contributed by atoms with E-state index in [-0.39, 0.29) is 11.3 Å². The molecular weight excluding hydrogens is 386 g/mol. The monoisotopic (exact) mass is 409 g/mol. The minimum Gasteiger partial charge on any atom is -0.376 e. The highest BCUT2D eigenvalue weighted by Crippen LogP contribution is 2.24. The fourth-order valence-corrected chi connectivity index (χ4v) is 4.25. The molecule has 2 aromatic carbocycles. The third kappa shape index (κ3) is 4.24. The molecule has 150 valence electrons. The zero-order valence-corrected chi connectivity index (χ0v) is 16.9. The fraction of sp³-hybridized carbons (Fsp3) is 0.318. The molecule has 0 unspecified atom stereocenters. The summed E-state index contributed by atoms with van der Waals surface area (Å²) in [5.41, 5.74) is 1.68. The van der Waals surface area contributed by atoms with Gasteiger partial charge in [0.25, 0.3) is 16.8 Å². The normalized spacial score (nSPS) is 14.1. The molecule has 4 rings (SSSR count). The standard InChI is InChI=1S/C22H23N3O3S/c26-20-18(19(21(20)27)25-10-2-1-3-11-25)23-13-15-6-8-16(9-7-15)22(28)24-14-17-5-4-12-29-17/h4-9,12,23H,1-3,10-11,13-14H2,(H,24,28). The summed E-state index contributed by atoms with van der Waals surface area (Å²) in [6.45, 7) is 2.61. The van der Waals surface area contributed by atoms with E-state index in [1.165, 1.54) is 6.42 Å². The zero-order valence-electron chi connectivity index (χ0n) is 16.1. The molecule has 7 heteroatoms. The van der Waals surface area contributed by atoms with Crippen LogP contribution in [0.3, 0.4) is 0 Å². The predicted molar refractivity (Wildman–Crippen MR) is 117 cm³/mol. The quantitative estimate of drug-likeness (QED) is 0.587. The topological polar surface area (TPSA) is 78.5 Å². The Balaban J connectivity index is 1.35. The van der Waals surface area contributed by atoms with Crippen LogP contribution in [-0.4, -0.2) is 19.0 Å². The van der Waals surface area contributed by atoms with Crippen molar-refractivity contribution in [2.75, 3.05) is 23.3 Å². The number of anilines is 2. The maximum absolute atomic E-state index is 12.3. The molecule has 1 fully saturated rings. The summed E-state index contributed by atoms with van der Waals surface area (Å²) >= 11 is 1.61. The molecule has 1 saturated heterocycles. The van der Waals surface area contributed by atoms with Crippen LogP contribution in [0.1, 0.15) is 40.1 Å². The minimum atomic E-state index is -0.435. The molecule has 29 heavy (non-hydrogen) atoms. The highest BCUT2D eigenvalue weighted by molar-refractivity contribution is 7.09. The summed E-state index contributed by atoms with van der Waals surface area (Å²) in [5, 5.41) is 8.01. The largest absolute Gasteiger partial charge is 0.376 e. The van der Waals surface area contributed by atoms with Crippen molar-refractivity contribution in [3.8, 4) is 0 Å². The Hall–Kier alpha value is -2.93. The van der Waals surface area contributed by atoms with E-state index < -0.39 is 5.43 Å². The van der Waals surface area contributed by atoms with Crippen molar-refractivity contribution in [3.05, 3.63) is 78.2 Å². The summed E-state index contributed by atoms with van der Waals surface area (Å²) in [4.78, 5) is 39.4. The molecule has 0 radical (unpaired) electrons. The Labute approximate surface area is 172 Å². The van der Waals surface area contributed by atoms with Crippen LogP contribution >= 0.6 is 11.3 Å². The molecule has 0 atom stereocenters. The van der Waals surface area contributed by atoms with Gasteiger partial charge in [0.05, 0.1) is 6.54 Å². The van der Waals surface area contributed by atoms with Crippen LogP contribution in [0.25, 0.3) is 0 Å². The third-order valence-electron chi connectivity index (χ3n) is 5.25. The van der Waals surface area contributed by atoms with Gasteiger partial charge in [-0.05, 0) is 48.4 Å². The number of nitrogens with one attached hydrogen (secondary N) is 2. The number of hydrogen-bond donors (Lipinski definition) is 2. The zero-order chi connectivity index (χ0) is 20.2. The van der Waals surface area contributed by atoms with Crippen molar-refractivity contribution in [2.45, 2.75) is 32.4 Å². The van der Waals surface area contributed by atoms with Crippen molar-refractivity contribution in [1.29, 1.82) is 0 Å². The maximum Gasteiger partial charge on any atom is 0.253 e. The lowest BCUT2D eigenvalue weighted by Crippen LogP contribution is -2.44. The van der Waals surface area contributed by atoms with Gasteiger partial charge in [0, 0.05) is 30.1 Å². The van der Waals surface area contributed by atoms with Gasteiger partial charge < -0.3 is 15.5 Å². The predicted octanol–water partition coefficient (Wildman–Crippen LogP) is 2.88. The number of carbonyl (C=O) groups is 1. The Morgan fingerprint density at radius 3 is 2.41 bits per heavy atom. The summed E-state index contributed by atoms with van der Waals surface area (Å²) in [6, 6.07) is 11.2. The Morgan fingerprint density at radius 1 is 0.966 bits per heavy atom. The van der Waals surface area contributed by atoms with Gasteiger partial charge >= 0.3 is 0 Å². The molecule has 0 aliphatic carbocycles. The molecule has 1 aromatic heterocycles. The van der Waals surface area contributed by atoms with Gasteiger partial charge in [-0.2, -0.15) is 0 Å². The second kappa shape index (κ2) is 8.61. The molecule has 1 amide bonds. The summed E-state index contributed by atoms with van der Waals surface area (Å²) < 4.78 is 0. The van der Waals surface area contributed by atoms with E-state index in [0.29, 0.717) is 30.0 Å². The number of thiophene rings is 1. The SMILES string of the molecule is O=C(NCc1cccs1)c1ccc(CNc2c(N3CCCCC3)c(=O)c2=O)cc1. The lowest BCUT2D eigenvalue weighted by atomic mass is 10.1. The van der Waals surface area contributed by atoms with E-state index >= 15 is 0 Å². The summed E-state index contributed by atoms with van der Waals surface area (Å²) in [5.74, 6) is -0.118. The average molecular weight is 410 g/mol. The van der Waals surface area contributed by atoms with Crippen LogP contribution in [0.15, 0.2) is 51.4 Å². The lowest BCUT2D eigenvalue weighted by molar-refractivity contribution is 0.0951. The second-order valence-electron chi connectivity index (χ2n) is 7.24. The van der Waals surface area contributed by atoms with E-state index in [2.05, 4.69) is 10.6 Å². The lowest BCUT2D eigenvalue weighted by Gasteiger charge is -2.30. The number of amides is 1. The van der Waals surface area contributed by atoms with Gasteiger partial charge in [0.2, 0.25) is 0 Å². The first kappa shape index (κ1) is 19.4. The molecule has 1 aliphatic rings. The second-order valence-corrected chi connectivity index (χ2v) is 8.27. The number of carbonyl (C=O) groups excluding carboxylic acids is 1. The van der Waals surface area contributed by atoms with Crippen LogP contribution in [0, 0.1) is 0 Å². The van der Waals surface area contributed by atoms with Gasteiger partial charge in [-0.1, -0.05) is 18.2 Å². The number of benzene rings is 1. The molecule has 3 aromatic rings. The van der Waals surface area contributed by atoms with Gasteiger partial charge in [-0.3, -0.25) is 14.4 Å². The number of hydrogen-bond acceptors (Lipinski definition) is 6. The van der Waals surface area contributed by atoms with Crippen LogP contribution < -0.4 is 26.4 Å². The van der Waals surface area contributed by atoms with E-state index in [9.17, 15) is 14.4 Å². The fourth-order valence-electron chi connectivity index (χ4n) is 3.61. The summed E-state index contributed by atoms with van der Waals surface area (Å²) in [7, 11) is 0. The van der Waals surface area contributed by atoms with Crippen molar-refractivity contribution in [3.63, 3.8) is 0 Å². The minimum absolute atomic E-state index is 0.118. The van der Waals surface area contributed by atoms with Gasteiger partial charge in [-0.15, -0.1) is 11.3 Å². The molecule has 0 bridgehead atoms. The Morgan fingerprint density at radius 2 is 1.72 bits per heavy atom. The molecule has 6 nitrogen and oxygen atoms in total. The van der Waals surface area contributed by atoms with Crippen molar-refractivity contribution < 1.29 is 4.79 Å². The van der Waals surface area contributed by atoms with Crippen LogP contribution in [-0.2, 0) is 13.1 Å². The van der Waals surface area contributed by atoms with E-state index in [0.717, 1.165) is 36.4 Å². The van der Waals surface area contributed by atoms with Crippen molar-refractivity contribution in [1.82, 2.24) is 5.32 Å². The molecule has 0 saturated carbocycles. The first-order valence-electron chi connectivity index (χ1n) is 9.85. The molecule has 2 N–H and O–H groups in total. The molecular formula is C22H23N3O3S. The maximum atomic E-state index is 12.3.